The minimum Gasteiger partial charge on any atom is -0.385 e. The second kappa shape index (κ2) is 7.85. The van der Waals surface area contributed by atoms with Crippen molar-refractivity contribution in [1.29, 1.82) is 0 Å². The van der Waals surface area contributed by atoms with Crippen molar-refractivity contribution in [2.75, 3.05) is 39.3 Å². The third-order valence-electron chi connectivity index (χ3n) is 5.81. The molecule has 1 aliphatic rings. The van der Waals surface area contributed by atoms with Crippen LogP contribution in [0.4, 0.5) is 0 Å². The van der Waals surface area contributed by atoms with Crippen LogP contribution in [-0.2, 0) is 6.54 Å². The molecule has 3 aromatic rings. The highest BCUT2D eigenvalue weighted by Crippen LogP contribution is 2.28. The third-order valence-corrected chi connectivity index (χ3v) is 5.81. The van der Waals surface area contributed by atoms with Gasteiger partial charge in [0.1, 0.15) is 38.8 Å². The Morgan fingerprint density at radius 3 is 2.04 bits per heavy atom. The molecule has 1 saturated heterocycles. The molecule has 142 valence electrons. The van der Waals surface area contributed by atoms with Crippen LogP contribution in [0.2, 0.25) is 0 Å². The van der Waals surface area contributed by atoms with E-state index in [1.807, 2.05) is 0 Å². The van der Waals surface area contributed by atoms with Gasteiger partial charge in [-0.3, -0.25) is 0 Å². The number of nitrogens with one attached hydrogen (secondary N) is 2. The van der Waals surface area contributed by atoms with Crippen molar-refractivity contribution in [3.63, 3.8) is 0 Å². The molecule has 1 fully saturated rings. The van der Waals surface area contributed by atoms with E-state index in [0.29, 0.717) is 6.54 Å². The number of quaternary nitrogens is 2. The van der Waals surface area contributed by atoms with Crippen molar-refractivity contribution in [3.05, 3.63) is 60.7 Å². The molecular weight excluding hydrogens is 334 g/mol. The van der Waals surface area contributed by atoms with E-state index < -0.39 is 0 Å². The van der Waals surface area contributed by atoms with Gasteiger partial charge in [0.05, 0.1) is 13.1 Å². The number of nitrogens with zero attached hydrogens (tertiary/aromatic N) is 1. The molecule has 0 unspecified atom stereocenters. The van der Waals surface area contributed by atoms with Gasteiger partial charge in [-0.1, -0.05) is 43.0 Å². The Bertz CT molecular complexity index is 884. The SMILES string of the molecule is C=C(C)C[NH+]1CC[NH+](C[C@H](O)Cn2c3ccccc3c3ccccc32)CC1. The summed E-state index contributed by atoms with van der Waals surface area (Å²) in [6.07, 6.45) is -0.332. The van der Waals surface area contributed by atoms with Crippen molar-refractivity contribution in [2.24, 2.45) is 0 Å². The van der Waals surface area contributed by atoms with Crippen LogP contribution in [0.5, 0.6) is 0 Å². The van der Waals surface area contributed by atoms with Gasteiger partial charge in [0.2, 0.25) is 0 Å². The standard InChI is InChI=1S/C23H29N3O/c1-18(2)15-24-11-13-25(14-12-24)16-19(27)17-26-22-9-5-3-7-20(22)21-8-4-6-10-23(21)26/h3-10,19,27H,1,11-17H2,2H3/p+2/t19-/m0/s1. The molecule has 2 heterocycles. The minimum absolute atomic E-state index is 0.332. The molecule has 4 heteroatoms. The second-order valence-corrected chi connectivity index (χ2v) is 8.14. The maximum atomic E-state index is 10.8. The van der Waals surface area contributed by atoms with E-state index in [9.17, 15) is 5.11 Å². The number of piperazine rings is 1. The van der Waals surface area contributed by atoms with Gasteiger partial charge in [-0.15, -0.1) is 0 Å². The van der Waals surface area contributed by atoms with E-state index in [1.165, 1.54) is 45.4 Å². The molecule has 0 saturated carbocycles. The first-order chi connectivity index (χ1) is 13.1. The highest BCUT2D eigenvalue weighted by Gasteiger charge is 2.25. The summed E-state index contributed by atoms with van der Waals surface area (Å²) in [7, 11) is 0. The smallest absolute Gasteiger partial charge is 0.127 e. The molecule has 0 spiro atoms. The maximum Gasteiger partial charge on any atom is 0.127 e. The van der Waals surface area contributed by atoms with E-state index in [2.05, 4.69) is 66.6 Å². The number of fused-ring (bicyclic) bond motifs is 3. The Morgan fingerprint density at radius 2 is 1.48 bits per heavy atom. The molecule has 4 nitrogen and oxygen atoms in total. The summed E-state index contributed by atoms with van der Waals surface area (Å²) in [6, 6.07) is 17.0. The van der Waals surface area contributed by atoms with Crippen LogP contribution in [0.15, 0.2) is 60.7 Å². The van der Waals surface area contributed by atoms with Gasteiger partial charge in [0.25, 0.3) is 0 Å². The quantitative estimate of drug-likeness (QED) is 0.547. The lowest BCUT2D eigenvalue weighted by atomic mass is 10.2. The Labute approximate surface area is 161 Å². The zero-order valence-corrected chi connectivity index (χ0v) is 16.2. The number of aliphatic hydroxyl groups is 1. The Kier molecular flexibility index (Phi) is 5.30. The molecule has 0 aliphatic carbocycles. The van der Waals surface area contributed by atoms with Crippen LogP contribution >= 0.6 is 0 Å². The summed E-state index contributed by atoms with van der Waals surface area (Å²) in [4.78, 5) is 3.15. The highest BCUT2D eigenvalue weighted by atomic mass is 16.3. The van der Waals surface area contributed by atoms with Crippen molar-refractivity contribution in [2.45, 2.75) is 19.6 Å². The van der Waals surface area contributed by atoms with Crippen molar-refractivity contribution >= 4 is 21.8 Å². The third kappa shape index (κ3) is 3.93. The fraction of sp³-hybridized carbons (Fsp3) is 0.391. The summed E-state index contributed by atoms with van der Waals surface area (Å²) in [5.74, 6) is 0. The lowest BCUT2D eigenvalue weighted by Crippen LogP contribution is -3.28. The molecule has 0 amide bonds. The van der Waals surface area contributed by atoms with Gasteiger partial charge in [0, 0.05) is 21.8 Å². The number of para-hydroxylation sites is 2. The number of rotatable bonds is 6. The van der Waals surface area contributed by atoms with E-state index in [0.717, 1.165) is 26.2 Å². The average Bonchev–Trinajstić information content (AvgIpc) is 2.97. The van der Waals surface area contributed by atoms with Gasteiger partial charge < -0.3 is 19.5 Å². The fourth-order valence-corrected chi connectivity index (χ4v) is 4.57. The molecule has 2 aromatic carbocycles. The number of hydrogen-bond acceptors (Lipinski definition) is 1. The Morgan fingerprint density at radius 1 is 0.963 bits per heavy atom. The number of aliphatic hydroxyl groups excluding tert-OH is 1. The topological polar surface area (TPSA) is 34.0 Å². The van der Waals surface area contributed by atoms with Gasteiger partial charge in [-0.2, -0.15) is 0 Å². The van der Waals surface area contributed by atoms with Gasteiger partial charge in [0.15, 0.2) is 0 Å². The first-order valence-corrected chi connectivity index (χ1v) is 10.1. The van der Waals surface area contributed by atoms with Crippen LogP contribution in [0.3, 0.4) is 0 Å². The van der Waals surface area contributed by atoms with Gasteiger partial charge >= 0.3 is 0 Å². The molecule has 4 rings (SSSR count). The monoisotopic (exact) mass is 365 g/mol. The van der Waals surface area contributed by atoms with E-state index in [4.69, 9.17) is 0 Å². The largest absolute Gasteiger partial charge is 0.385 e. The summed E-state index contributed by atoms with van der Waals surface area (Å²) >= 11 is 0. The average molecular weight is 366 g/mol. The number of aromatic nitrogens is 1. The van der Waals surface area contributed by atoms with Crippen LogP contribution in [0.1, 0.15) is 6.92 Å². The van der Waals surface area contributed by atoms with Crippen LogP contribution in [0, 0.1) is 0 Å². The van der Waals surface area contributed by atoms with E-state index in [-0.39, 0.29) is 6.10 Å². The highest BCUT2D eigenvalue weighted by molar-refractivity contribution is 6.07. The number of benzene rings is 2. The van der Waals surface area contributed by atoms with Gasteiger partial charge in [-0.05, 0) is 24.6 Å². The lowest BCUT2D eigenvalue weighted by Gasteiger charge is -2.31. The van der Waals surface area contributed by atoms with Crippen LogP contribution in [-0.4, -0.2) is 55.0 Å². The Hall–Kier alpha value is -2.14. The van der Waals surface area contributed by atoms with Crippen molar-refractivity contribution in [1.82, 2.24) is 4.57 Å². The first kappa shape index (κ1) is 18.2. The van der Waals surface area contributed by atoms with E-state index in [1.54, 1.807) is 4.90 Å². The lowest BCUT2D eigenvalue weighted by molar-refractivity contribution is -1.01. The molecule has 1 aromatic heterocycles. The van der Waals surface area contributed by atoms with Gasteiger partial charge in [-0.25, -0.2) is 0 Å². The second-order valence-electron chi connectivity index (χ2n) is 8.14. The molecule has 1 atom stereocenters. The number of hydrogen-bond donors (Lipinski definition) is 3. The first-order valence-electron chi connectivity index (χ1n) is 10.1. The zero-order chi connectivity index (χ0) is 18.8. The maximum absolute atomic E-state index is 10.8. The molecule has 27 heavy (non-hydrogen) atoms. The summed E-state index contributed by atoms with van der Waals surface area (Å²) in [5.41, 5.74) is 3.69. The summed E-state index contributed by atoms with van der Waals surface area (Å²) < 4.78 is 2.29. The van der Waals surface area contributed by atoms with E-state index >= 15 is 0 Å². The zero-order valence-electron chi connectivity index (χ0n) is 16.2. The summed E-state index contributed by atoms with van der Waals surface area (Å²) in [6.45, 7) is 13.3. The van der Waals surface area contributed by atoms with Crippen molar-refractivity contribution < 1.29 is 14.9 Å². The Balaban J connectivity index is 1.46. The fourth-order valence-electron chi connectivity index (χ4n) is 4.57. The van der Waals surface area contributed by atoms with Crippen LogP contribution < -0.4 is 9.80 Å². The van der Waals surface area contributed by atoms with Crippen molar-refractivity contribution in [3.8, 4) is 0 Å². The molecular formula is C23H31N3O+2. The normalized spacial score (nSPS) is 21.6. The molecule has 3 N–H and O–H groups in total. The summed E-state index contributed by atoms with van der Waals surface area (Å²) in [5, 5.41) is 13.4. The predicted octanol–water partition coefficient (Wildman–Crippen LogP) is 0.515. The molecule has 0 bridgehead atoms. The predicted molar refractivity (Wildman–Crippen MR) is 111 cm³/mol. The minimum atomic E-state index is -0.332. The molecule has 0 radical (unpaired) electrons. The van der Waals surface area contributed by atoms with Crippen LogP contribution in [0.25, 0.3) is 21.8 Å². The molecule has 1 aliphatic heterocycles.